The van der Waals surface area contributed by atoms with Crippen LogP contribution in [0.5, 0.6) is 0 Å². The lowest BCUT2D eigenvalue weighted by molar-refractivity contribution is -0.140. The van der Waals surface area contributed by atoms with Crippen molar-refractivity contribution in [3.05, 3.63) is 34.9 Å². The molecule has 4 rings (SSSR count). The van der Waals surface area contributed by atoms with Crippen LogP contribution in [-0.4, -0.2) is 47.1 Å². The van der Waals surface area contributed by atoms with Gasteiger partial charge in [-0.1, -0.05) is 18.2 Å². The van der Waals surface area contributed by atoms with E-state index in [1.54, 1.807) is 0 Å². The van der Waals surface area contributed by atoms with Crippen molar-refractivity contribution in [2.75, 3.05) is 13.1 Å². The number of aliphatic carboxylic acids is 1. The predicted molar refractivity (Wildman–Crippen MR) is 99.1 cm³/mol. The minimum absolute atomic E-state index is 0.0818. The Morgan fingerprint density at radius 1 is 1.15 bits per heavy atom. The zero-order valence-electron chi connectivity index (χ0n) is 15.2. The standard InChI is InChI=1S/C21H28N2O3/c24-20(9-15-6-7-16-2-1-3-17(16)8-15)22-18-10-19(11-18)23(13-21(25)26)12-14-4-5-14/h6-8,14,18-19H,1-5,9-13H2,(H,22,24)(H,25,26). The van der Waals surface area contributed by atoms with Crippen LogP contribution in [0.3, 0.4) is 0 Å². The number of amides is 1. The Labute approximate surface area is 154 Å². The first kappa shape index (κ1) is 17.5. The van der Waals surface area contributed by atoms with Crippen molar-refractivity contribution in [2.45, 2.75) is 63.5 Å². The molecule has 2 saturated carbocycles. The first-order valence-electron chi connectivity index (χ1n) is 9.92. The van der Waals surface area contributed by atoms with Crippen LogP contribution >= 0.6 is 0 Å². The second kappa shape index (κ2) is 7.39. The number of nitrogens with one attached hydrogen (secondary N) is 1. The SMILES string of the molecule is O=C(O)CN(CC1CC1)C1CC(NC(=O)Cc2ccc3c(c2)CCC3)C1. The second-order valence-corrected chi connectivity index (χ2v) is 8.29. The van der Waals surface area contributed by atoms with Crippen LogP contribution in [0.2, 0.25) is 0 Å². The van der Waals surface area contributed by atoms with Gasteiger partial charge in [-0.2, -0.15) is 0 Å². The highest BCUT2D eigenvalue weighted by Gasteiger charge is 2.37. The molecule has 3 aliphatic rings. The lowest BCUT2D eigenvalue weighted by atomic mass is 9.85. The molecule has 2 N–H and O–H groups in total. The molecule has 0 unspecified atom stereocenters. The molecule has 0 saturated heterocycles. The first-order valence-corrected chi connectivity index (χ1v) is 9.92. The summed E-state index contributed by atoms with van der Waals surface area (Å²) in [5.74, 6) is 0.0101. The molecule has 0 atom stereocenters. The summed E-state index contributed by atoms with van der Waals surface area (Å²) in [7, 11) is 0. The average molecular weight is 356 g/mol. The summed E-state index contributed by atoms with van der Waals surface area (Å²) in [6.07, 6.45) is 8.16. The van der Waals surface area contributed by atoms with Gasteiger partial charge in [-0.05, 0) is 67.6 Å². The lowest BCUT2D eigenvalue weighted by Crippen LogP contribution is -2.55. The third-order valence-electron chi connectivity index (χ3n) is 6.05. The van der Waals surface area contributed by atoms with Gasteiger partial charge in [-0.15, -0.1) is 0 Å². The van der Waals surface area contributed by atoms with Crippen molar-refractivity contribution in [1.82, 2.24) is 10.2 Å². The molecule has 0 bridgehead atoms. The van der Waals surface area contributed by atoms with Gasteiger partial charge < -0.3 is 10.4 Å². The molecule has 2 fully saturated rings. The maximum atomic E-state index is 12.3. The van der Waals surface area contributed by atoms with Crippen LogP contribution in [0.1, 0.15) is 48.8 Å². The fourth-order valence-corrected chi connectivity index (χ4v) is 4.35. The number of hydrogen-bond acceptors (Lipinski definition) is 3. The first-order chi connectivity index (χ1) is 12.6. The van der Waals surface area contributed by atoms with Crippen molar-refractivity contribution in [3.8, 4) is 0 Å². The largest absolute Gasteiger partial charge is 0.480 e. The zero-order valence-corrected chi connectivity index (χ0v) is 15.2. The molecule has 26 heavy (non-hydrogen) atoms. The Balaban J connectivity index is 1.24. The highest BCUT2D eigenvalue weighted by Crippen LogP contribution is 2.33. The molecule has 0 aliphatic heterocycles. The molecule has 5 heteroatoms. The number of hydrogen-bond donors (Lipinski definition) is 2. The van der Waals surface area contributed by atoms with E-state index in [-0.39, 0.29) is 18.5 Å². The van der Waals surface area contributed by atoms with E-state index in [2.05, 4.69) is 28.4 Å². The van der Waals surface area contributed by atoms with Gasteiger partial charge >= 0.3 is 5.97 Å². The van der Waals surface area contributed by atoms with Crippen LogP contribution in [0.4, 0.5) is 0 Å². The zero-order chi connectivity index (χ0) is 18.1. The Kier molecular flexibility index (Phi) is 4.98. The molecule has 3 aliphatic carbocycles. The Bertz CT molecular complexity index is 692. The van der Waals surface area contributed by atoms with Gasteiger partial charge in [-0.25, -0.2) is 0 Å². The van der Waals surface area contributed by atoms with Gasteiger partial charge in [0.2, 0.25) is 5.91 Å². The molecule has 0 radical (unpaired) electrons. The highest BCUT2D eigenvalue weighted by molar-refractivity contribution is 5.79. The summed E-state index contributed by atoms with van der Waals surface area (Å²) in [4.78, 5) is 25.5. The van der Waals surface area contributed by atoms with Crippen molar-refractivity contribution >= 4 is 11.9 Å². The summed E-state index contributed by atoms with van der Waals surface area (Å²) in [6.45, 7) is 1.02. The number of aryl methyl sites for hydroxylation is 2. The average Bonchev–Trinajstić information content (AvgIpc) is 3.23. The number of carbonyl (C=O) groups excluding carboxylic acids is 1. The minimum atomic E-state index is -0.755. The Morgan fingerprint density at radius 2 is 1.92 bits per heavy atom. The van der Waals surface area contributed by atoms with E-state index >= 15 is 0 Å². The van der Waals surface area contributed by atoms with Crippen LogP contribution in [0.15, 0.2) is 18.2 Å². The maximum Gasteiger partial charge on any atom is 0.317 e. The number of fused-ring (bicyclic) bond motifs is 1. The highest BCUT2D eigenvalue weighted by atomic mass is 16.4. The van der Waals surface area contributed by atoms with Gasteiger partial charge in [0, 0.05) is 18.6 Å². The number of nitrogens with zero attached hydrogens (tertiary/aromatic N) is 1. The van der Waals surface area contributed by atoms with E-state index in [4.69, 9.17) is 5.11 Å². The van der Waals surface area contributed by atoms with Crippen molar-refractivity contribution < 1.29 is 14.7 Å². The van der Waals surface area contributed by atoms with E-state index in [1.165, 1.54) is 36.8 Å². The van der Waals surface area contributed by atoms with Crippen molar-refractivity contribution in [2.24, 2.45) is 5.92 Å². The van der Waals surface area contributed by atoms with E-state index in [1.807, 2.05) is 0 Å². The fourth-order valence-electron chi connectivity index (χ4n) is 4.35. The molecule has 1 aromatic rings. The van der Waals surface area contributed by atoms with Crippen LogP contribution in [-0.2, 0) is 28.9 Å². The topological polar surface area (TPSA) is 69.6 Å². The number of carboxylic acid groups (broad SMARTS) is 1. The maximum absolute atomic E-state index is 12.3. The van der Waals surface area contributed by atoms with Crippen molar-refractivity contribution in [3.63, 3.8) is 0 Å². The van der Waals surface area contributed by atoms with Crippen LogP contribution in [0.25, 0.3) is 0 Å². The quantitative estimate of drug-likeness (QED) is 0.749. The third kappa shape index (κ3) is 4.26. The van der Waals surface area contributed by atoms with Gasteiger partial charge in [0.15, 0.2) is 0 Å². The predicted octanol–water partition coefficient (Wildman–Crippen LogP) is 2.16. The van der Waals surface area contributed by atoms with Crippen LogP contribution < -0.4 is 5.32 Å². The summed E-state index contributed by atoms with van der Waals surface area (Å²) < 4.78 is 0. The van der Waals surface area contributed by atoms with E-state index < -0.39 is 5.97 Å². The molecule has 140 valence electrons. The monoisotopic (exact) mass is 356 g/mol. The van der Waals surface area contributed by atoms with Gasteiger partial charge in [0.25, 0.3) is 0 Å². The van der Waals surface area contributed by atoms with Gasteiger partial charge in [-0.3, -0.25) is 14.5 Å². The van der Waals surface area contributed by atoms with Gasteiger partial charge in [0.05, 0.1) is 13.0 Å². The second-order valence-electron chi connectivity index (χ2n) is 8.29. The molecule has 0 spiro atoms. The van der Waals surface area contributed by atoms with E-state index in [0.717, 1.165) is 31.4 Å². The normalized spacial score (nSPS) is 24.2. The summed E-state index contributed by atoms with van der Waals surface area (Å²) >= 11 is 0. The van der Waals surface area contributed by atoms with Crippen molar-refractivity contribution in [1.29, 1.82) is 0 Å². The van der Waals surface area contributed by atoms with E-state index in [9.17, 15) is 9.59 Å². The lowest BCUT2D eigenvalue weighted by Gasteiger charge is -2.42. The molecule has 1 aromatic carbocycles. The Hall–Kier alpha value is -1.88. The molecule has 1 amide bonds. The number of carbonyl (C=O) groups is 2. The smallest absolute Gasteiger partial charge is 0.317 e. The molecule has 0 heterocycles. The molecular formula is C21H28N2O3. The summed E-state index contributed by atoms with van der Waals surface area (Å²) in [6, 6.07) is 6.94. The number of rotatable bonds is 8. The summed E-state index contributed by atoms with van der Waals surface area (Å²) in [5.41, 5.74) is 3.94. The molecule has 5 nitrogen and oxygen atoms in total. The fraction of sp³-hybridized carbons (Fsp3) is 0.619. The number of benzene rings is 1. The minimum Gasteiger partial charge on any atom is -0.480 e. The number of carboxylic acids is 1. The van der Waals surface area contributed by atoms with Gasteiger partial charge in [0.1, 0.15) is 0 Å². The molecule has 0 aromatic heterocycles. The summed E-state index contributed by atoms with van der Waals surface area (Å²) in [5, 5.41) is 12.2. The molecular weight excluding hydrogens is 328 g/mol. The Morgan fingerprint density at radius 3 is 2.65 bits per heavy atom. The van der Waals surface area contributed by atoms with Crippen LogP contribution in [0, 0.1) is 5.92 Å². The van der Waals surface area contributed by atoms with E-state index in [0.29, 0.717) is 18.4 Å². The third-order valence-corrected chi connectivity index (χ3v) is 6.05.